The van der Waals surface area contributed by atoms with Gasteiger partial charge in [-0.15, -0.1) is 0 Å². The van der Waals surface area contributed by atoms with Crippen molar-refractivity contribution in [3.8, 4) is 0 Å². The summed E-state index contributed by atoms with van der Waals surface area (Å²) in [5.74, 6) is 0.305. The number of nitrogens with one attached hydrogen (secondary N) is 1. The van der Waals surface area contributed by atoms with Crippen LogP contribution < -0.4 is 10.2 Å². The van der Waals surface area contributed by atoms with E-state index in [0.717, 1.165) is 25.9 Å². The zero-order valence-corrected chi connectivity index (χ0v) is 13.0. The van der Waals surface area contributed by atoms with Gasteiger partial charge in [0.05, 0.1) is 0 Å². The highest BCUT2D eigenvalue weighted by atomic mass is 16.2. The van der Waals surface area contributed by atoms with Gasteiger partial charge in [0.25, 0.3) is 5.91 Å². The van der Waals surface area contributed by atoms with E-state index in [1.807, 2.05) is 0 Å². The molecule has 0 radical (unpaired) electrons. The lowest BCUT2D eigenvalue weighted by Gasteiger charge is -2.15. The smallest absolute Gasteiger partial charge is 0.274 e. The lowest BCUT2D eigenvalue weighted by molar-refractivity contribution is 0.101. The van der Waals surface area contributed by atoms with Crippen LogP contribution in [-0.2, 0) is 0 Å². The minimum Gasteiger partial charge on any atom is -0.341 e. The van der Waals surface area contributed by atoms with Gasteiger partial charge in [-0.2, -0.15) is 0 Å². The number of hydrogen-bond acceptors (Lipinski definition) is 5. The first-order chi connectivity index (χ1) is 11.1. The van der Waals surface area contributed by atoms with Gasteiger partial charge in [-0.1, -0.05) is 0 Å². The van der Waals surface area contributed by atoms with Crippen LogP contribution in [0.1, 0.15) is 40.6 Å². The molecule has 0 bridgehead atoms. The highest BCUT2D eigenvalue weighted by molar-refractivity contribution is 6.03. The monoisotopic (exact) mass is 310 g/mol. The molecule has 1 N–H and O–H groups in total. The largest absolute Gasteiger partial charge is 0.341 e. The number of aromatic nitrogens is 2. The minimum absolute atomic E-state index is 0.00562. The van der Waals surface area contributed by atoms with E-state index in [1.165, 1.54) is 6.92 Å². The van der Waals surface area contributed by atoms with Gasteiger partial charge in [-0.25, -0.2) is 9.97 Å². The standard InChI is InChI=1S/C17H18N4O2/c1-12(22)13-4-6-14(7-5-13)19-16(23)15-8-9-18-17(20-15)21-10-2-3-11-21/h4-9H,2-3,10-11H2,1H3,(H,19,23). The van der Waals surface area contributed by atoms with Crippen LogP contribution in [-0.4, -0.2) is 34.7 Å². The second kappa shape index (κ2) is 6.56. The number of Topliss-reactive ketones (excluding diaryl/α,β-unsaturated/α-hetero) is 1. The van der Waals surface area contributed by atoms with Gasteiger partial charge in [0.1, 0.15) is 5.69 Å². The van der Waals surface area contributed by atoms with Crippen LogP contribution in [0.4, 0.5) is 11.6 Å². The molecular formula is C17H18N4O2. The summed E-state index contributed by atoms with van der Waals surface area (Å²) in [6.07, 6.45) is 3.86. The summed E-state index contributed by atoms with van der Waals surface area (Å²) in [6, 6.07) is 8.38. The normalized spacial score (nSPS) is 13.9. The van der Waals surface area contributed by atoms with Crippen LogP contribution in [0.15, 0.2) is 36.5 Å². The highest BCUT2D eigenvalue weighted by Gasteiger charge is 2.17. The maximum absolute atomic E-state index is 12.3. The van der Waals surface area contributed by atoms with Gasteiger partial charge < -0.3 is 10.2 Å². The van der Waals surface area contributed by atoms with Gasteiger partial charge in [0.2, 0.25) is 5.95 Å². The summed E-state index contributed by atoms with van der Waals surface area (Å²) >= 11 is 0. The molecule has 1 aromatic heterocycles. The van der Waals surface area contributed by atoms with Crippen LogP contribution in [0.2, 0.25) is 0 Å². The summed E-state index contributed by atoms with van der Waals surface area (Å²) in [6.45, 7) is 3.36. The fourth-order valence-corrected chi connectivity index (χ4v) is 2.53. The molecule has 1 amide bonds. The summed E-state index contributed by atoms with van der Waals surface area (Å²) in [5, 5.41) is 2.78. The molecule has 1 aromatic carbocycles. The summed E-state index contributed by atoms with van der Waals surface area (Å²) in [7, 11) is 0. The Morgan fingerprint density at radius 2 is 1.78 bits per heavy atom. The Morgan fingerprint density at radius 1 is 1.09 bits per heavy atom. The van der Waals surface area contributed by atoms with Gasteiger partial charge in [-0.3, -0.25) is 9.59 Å². The van der Waals surface area contributed by atoms with Crippen molar-refractivity contribution in [3.05, 3.63) is 47.8 Å². The number of hydrogen-bond donors (Lipinski definition) is 1. The van der Waals surface area contributed by atoms with Gasteiger partial charge in [-0.05, 0) is 50.1 Å². The molecule has 1 aliphatic heterocycles. The number of anilines is 2. The maximum atomic E-state index is 12.3. The van der Waals surface area contributed by atoms with Crippen molar-refractivity contribution in [2.75, 3.05) is 23.3 Å². The van der Waals surface area contributed by atoms with Crippen LogP contribution in [0, 0.1) is 0 Å². The fraction of sp³-hybridized carbons (Fsp3) is 0.294. The van der Waals surface area contributed by atoms with E-state index in [0.29, 0.717) is 22.9 Å². The van der Waals surface area contributed by atoms with Crippen molar-refractivity contribution < 1.29 is 9.59 Å². The van der Waals surface area contributed by atoms with Crippen molar-refractivity contribution in [1.82, 2.24) is 9.97 Å². The molecule has 0 aliphatic carbocycles. The zero-order valence-electron chi connectivity index (χ0n) is 13.0. The maximum Gasteiger partial charge on any atom is 0.274 e. The number of rotatable bonds is 4. The number of carbonyl (C=O) groups excluding carboxylic acids is 2. The molecule has 1 fully saturated rings. The van der Waals surface area contributed by atoms with E-state index in [-0.39, 0.29) is 11.7 Å². The number of amides is 1. The van der Waals surface area contributed by atoms with Crippen LogP contribution in [0.5, 0.6) is 0 Å². The van der Waals surface area contributed by atoms with E-state index in [1.54, 1.807) is 36.5 Å². The Hall–Kier alpha value is -2.76. The second-order valence-corrected chi connectivity index (χ2v) is 5.52. The molecule has 1 saturated heterocycles. The zero-order chi connectivity index (χ0) is 16.2. The molecule has 0 saturated carbocycles. The van der Waals surface area contributed by atoms with Gasteiger partial charge in [0, 0.05) is 30.5 Å². The Kier molecular flexibility index (Phi) is 4.32. The van der Waals surface area contributed by atoms with Crippen molar-refractivity contribution in [1.29, 1.82) is 0 Å². The number of carbonyl (C=O) groups is 2. The summed E-state index contributed by atoms with van der Waals surface area (Å²) in [5.41, 5.74) is 1.57. The number of ketones is 1. The lowest BCUT2D eigenvalue weighted by Crippen LogP contribution is -2.22. The predicted molar refractivity (Wildman–Crippen MR) is 87.9 cm³/mol. The molecule has 118 valence electrons. The first-order valence-electron chi connectivity index (χ1n) is 7.64. The third-order valence-corrected chi connectivity index (χ3v) is 3.81. The predicted octanol–water partition coefficient (Wildman–Crippen LogP) is 2.53. The number of benzene rings is 1. The average molecular weight is 310 g/mol. The van der Waals surface area contributed by atoms with Gasteiger partial charge >= 0.3 is 0 Å². The fourth-order valence-electron chi connectivity index (χ4n) is 2.53. The van der Waals surface area contributed by atoms with Crippen molar-refractivity contribution in [2.45, 2.75) is 19.8 Å². The molecule has 3 rings (SSSR count). The molecule has 0 spiro atoms. The molecule has 2 heterocycles. The van der Waals surface area contributed by atoms with E-state index < -0.39 is 0 Å². The third-order valence-electron chi connectivity index (χ3n) is 3.81. The van der Waals surface area contributed by atoms with Crippen LogP contribution in [0.25, 0.3) is 0 Å². The van der Waals surface area contributed by atoms with Gasteiger partial charge in [0.15, 0.2) is 5.78 Å². The van der Waals surface area contributed by atoms with Crippen molar-refractivity contribution in [3.63, 3.8) is 0 Å². The van der Waals surface area contributed by atoms with E-state index in [2.05, 4.69) is 20.2 Å². The lowest BCUT2D eigenvalue weighted by atomic mass is 10.1. The molecule has 23 heavy (non-hydrogen) atoms. The Balaban J connectivity index is 1.72. The highest BCUT2D eigenvalue weighted by Crippen LogP contribution is 2.16. The quantitative estimate of drug-likeness (QED) is 0.878. The Bertz CT molecular complexity index is 722. The van der Waals surface area contributed by atoms with E-state index in [9.17, 15) is 9.59 Å². The molecule has 6 nitrogen and oxygen atoms in total. The molecule has 1 aliphatic rings. The summed E-state index contributed by atoms with van der Waals surface area (Å²) < 4.78 is 0. The first kappa shape index (κ1) is 15.1. The first-order valence-corrected chi connectivity index (χ1v) is 7.64. The number of nitrogens with zero attached hydrogens (tertiary/aromatic N) is 3. The van der Waals surface area contributed by atoms with Crippen LogP contribution in [0.3, 0.4) is 0 Å². The van der Waals surface area contributed by atoms with Crippen molar-refractivity contribution in [2.24, 2.45) is 0 Å². The molecular weight excluding hydrogens is 292 g/mol. The molecule has 0 unspecified atom stereocenters. The Labute approximate surface area is 134 Å². The summed E-state index contributed by atoms with van der Waals surface area (Å²) in [4.78, 5) is 34.2. The van der Waals surface area contributed by atoms with Crippen molar-refractivity contribution >= 4 is 23.3 Å². The molecule has 2 aromatic rings. The minimum atomic E-state index is -0.288. The average Bonchev–Trinajstić information content (AvgIpc) is 3.10. The molecule has 0 atom stereocenters. The topological polar surface area (TPSA) is 75.2 Å². The van der Waals surface area contributed by atoms with E-state index in [4.69, 9.17) is 0 Å². The van der Waals surface area contributed by atoms with Crippen LogP contribution >= 0.6 is 0 Å². The second-order valence-electron chi connectivity index (χ2n) is 5.52. The Morgan fingerprint density at radius 3 is 2.43 bits per heavy atom. The van der Waals surface area contributed by atoms with E-state index >= 15 is 0 Å². The third kappa shape index (κ3) is 3.53. The SMILES string of the molecule is CC(=O)c1ccc(NC(=O)c2ccnc(N3CCCC3)n2)cc1. The molecule has 6 heteroatoms.